The largest absolute Gasteiger partial charge is 0.0648 e. The fourth-order valence-electron chi connectivity index (χ4n) is 1.56. The molecule has 1 aromatic rings. The lowest BCUT2D eigenvalue weighted by Gasteiger charge is -2.13. The molecule has 1 atom stereocenters. The molecule has 0 aliphatic heterocycles. The molecule has 0 heteroatoms. The molecule has 0 N–H and O–H groups in total. The van der Waals surface area contributed by atoms with Gasteiger partial charge in [0.05, 0.1) is 0 Å². The molecule has 0 aliphatic carbocycles. The second-order valence-electron chi connectivity index (χ2n) is 3.36. The first kappa shape index (κ1) is 9.31. The highest BCUT2D eigenvalue weighted by molar-refractivity contribution is 5.29. The third-order valence-corrected chi connectivity index (χ3v) is 2.58. The van der Waals surface area contributed by atoms with E-state index in [0.717, 1.165) is 6.42 Å². The molecule has 0 saturated carbocycles. The number of hydrogen-bond acceptors (Lipinski definition) is 0. The summed E-state index contributed by atoms with van der Waals surface area (Å²) in [6, 6.07) is 8.76. The molecule has 1 aromatic carbocycles. The van der Waals surface area contributed by atoms with Crippen molar-refractivity contribution in [1.29, 1.82) is 0 Å². The lowest BCUT2D eigenvalue weighted by atomic mass is 9.93. The summed E-state index contributed by atoms with van der Waals surface area (Å²) in [5.74, 6) is 0.709. The topological polar surface area (TPSA) is 0 Å². The van der Waals surface area contributed by atoms with Crippen LogP contribution in [0.3, 0.4) is 0 Å². The van der Waals surface area contributed by atoms with Gasteiger partial charge in [0.1, 0.15) is 0 Å². The van der Waals surface area contributed by atoms with Gasteiger partial charge in [0.15, 0.2) is 0 Å². The molecule has 0 radical (unpaired) electrons. The number of hydrogen-bond donors (Lipinski definition) is 0. The second kappa shape index (κ2) is 4.30. The molecule has 0 fully saturated rings. The van der Waals surface area contributed by atoms with Gasteiger partial charge < -0.3 is 0 Å². The zero-order valence-corrected chi connectivity index (χ0v) is 8.30. The molecule has 0 saturated heterocycles. The maximum Gasteiger partial charge on any atom is -0.0190 e. The fraction of sp³-hybridized carbons (Fsp3) is 0.500. The van der Waals surface area contributed by atoms with Gasteiger partial charge in [-0.1, -0.05) is 45.0 Å². The van der Waals surface area contributed by atoms with E-state index in [-0.39, 0.29) is 0 Å². The van der Waals surface area contributed by atoms with E-state index in [2.05, 4.69) is 45.0 Å². The molecule has 66 valence electrons. The van der Waals surface area contributed by atoms with Crippen LogP contribution in [0.25, 0.3) is 0 Å². The smallest absolute Gasteiger partial charge is 0.0190 e. The van der Waals surface area contributed by atoms with Crippen molar-refractivity contribution in [2.75, 3.05) is 0 Å². The third-order valence-electron chi connectivity index (χ3n) is 2.58. The highest BCUT2D eigenvalue weighted by Gasteiger charge is 2.05. The van der Waals surface area contributed by atoms with Crippen molar-refractivity contribution in [2.45, 2.75) is 39.5 Å². The minimum atomic E-state index is 0.709. The number of aryl methyl sites for hydroxylation is 1. The maximum absolute atomic E-state index is 2.30. The second-order valence-corrected chi connectivity index (χ2v) is 3.36. The Kier molecular flexibility index (Phi) is 3.33. The van der Waals surface area contributed by atoms with Gasteiger partial charge >= 0.3 is 0 Å². The molecule has 0 spiro atoms. The van der Waals surface area contributed by atoms with E-state index in [0.29, 0.717) is 5.92 Å². The van der Waals surface area contributed by atoms with Gasteiger partial charge in [0, 0.05) is 0 Å². The summed E-state index contributed by atoms with van der Waals surface area (Å²) in [4.78, 5) is 0. The molecular formula is C12H18. The first-order valence-electron chi connectivity index (χ1n) is 4.87. The van der Waals surface area contributed by atoms with E-state index in [9.17, 15) is 0 Å². The third kappa shape index (κ3) is 1.88. The Morgan fingerprint density at radius 1 is 1.17 bits per heavy atom. The summed E-state index contributed by atoms with van der Waals surface area (Å²) in [5.41, 5.74) is 3.04. The van der Waals surface area contributed by atoms with Crippen molar-refractivity contribution in [3.8, 4) is 0 Å². The first-order valence-corrected chi connectivity index (χ1v) is 4.87. The zero-order valence-electron chi connectivity index (χ0n) is 8.30. The molecule has 0 aliphatic rings. The molecule has 0 unspecified atom stereocenters. The van der Waals surface area contributed by atoms with E-state index in [4.69, 9.17) is 0 Å². The van der Waals surface area contributed by atoms with Crippen LogP contribution in [0.5, 0.6) is 0 Å². The summed E-state index contributed by atoms with van der Waals surface area (Å²) in [5, 5.41) is 0. The number of benzene rings is 1. The van der Waals surface area contributed by atoms with Crippen molar-refractivity contribution in [3.63, 3.8) is 0 Å². The van der Waals surface area contributed by atoms with Crippen LogP contribution in [0, 0.1) is 0 Å². The molecule has 0 heterocycles. The fourth-order valence-corrected chi connectivity index (χ4v) is 1.56. The van der Waals surface area contributed by atoms with Crippen molar-refractivity contribution in [3.05, 3.63) is 35.4 Å². The Labute approximate surface area is 75.6 Å². The Balaban J connectivity index is 2.96. The molecule has 0 aromatic heterocycles. The minimum absolute atomic E-state index is 0.709. The first-order chi connectivity index (χ1) is 5.79. The summed E-state index contributed by atoms with van der Waals surface area (Å²) >= 11 is 0. The lowest BCUT2D eigenvalue weighted by molar-refractivity contribution is 0.723. The van der Waals surface area contributed by atoms with Gasteiger partial charge in [-0.25, -0.2) is 0 Å². The van der Waals surface area contributed by atoms with E-state index >= 15 is 0 Å². The Morgan fingerprint density at radius 3 is 2.42 bits per heavy atom. The standard InChI is InChI=1S/C12H18/c1-4-10(3)12-9-7-6-8-11(12)5-2/h6-10H,4-5H2,1-3H3/t10-/m0/s1. The molecule has 0 bridgehead atoms. The van der Waals surface area contributed by atoms with E-state index in [1.54, 1.807) is 0 Å². The van der Waals surface area contributed by atoms with Crippen LogP contribution in [-0.4, -0.2) is 0 Å². The Hall–Kier alpha value is -0.780. The predicted molar refractivity (Wildman–Crippen MR) is 54.5 cm³/mol. The molecule has 0 amide bonds. The van der Waals surface area contributed by atoms with Crippen LogP contribution in [0.2, 0.25) is 0 Å². The van der Waals surface area contributed by atoms with Crippen LogP contribution in [0.15, 0.2) is 24.3 Å². The molecular weight excluding hydrogens is 144 g/mol. The SMILES string of the molecule is CCc1ccccc1[C@@H](C)CC. The number of rotatable bonds is 3. The summed E-state index contributed by atoms with van der Waals surface area (Å²) < 4.78 is 0. The Bertz CT molecular complexity index is 238. The van der Waals surface area contributed by atoms with Gasteiger partial charge in [0.2, 0.25) is 0 Å². The van der Waals surface area contributed by atoms with Gasteiger partial charge in [-0.15, -0.1) is 0 Å². The monoisotopic (exact) mass is 162 g/mol. The summed E-state index contributed by atoms with van der Waals surface area (Å²) in [7, 11) is 0. The quantitative estimate of drug-likeness (QED) is 0.634. The van der Waals surface area contributed by atoms with Crippen molar-refractivity contribution in [2.24, 2.45) is 0 Å². The highest BCUT2D eigenvalue weighted by Crippen LogP contribution is 2.22. The minimum Gasteiger partial charge on any atom is -0.0648 e. The molecule has 1 rings (SSSR count). The van der Waals surface area contributed by atoms with Crippen molar-refractivity contribution < 1.29 is 0 Å². The highest BCUT2D eigenvalue weighted by atomic mass is 14.1. The predicted octanol–water partition coefficient (Wildman–Crippen LogP) is 3.76. The summed E-state index contributed by atoms with van der Waals surface area (Å²) in [6.45, 7) is 6.77. The van der Waals surface area contributed by atoms with Crippen LogP contribution in [-0.2, 0) is 6.42 Å². The normalized spacial score (nSPS) is 12.9. The summed E-state index contributed by atoms with van der Waals surface area (Å²) in [6.07, 6.45) is 2.39. The van der Waals surface area contributed by atoms with Gasteiger partial charge in [0.25, 0.3) is 0 Å². The van der Waals surface area contributed by atoms with Crippen LogP contribution in [0.4, 0.5) is 0 Å². The average molecular weight is 162 g/mol. The average Bonchev–Trinajstić information content (AvgIpc) is 2.16. The maximum atomic E-state index is 2.30. The lowest BCUT2D eigenvalue weighted by Crippen LogP contribution is -1.96. The van der Waals surface area contributed by atoms with Crippen molar-refractivity contribution in [1.82, 2.24) is 0 Å². The zero-order chi connectivity index (χ0) is 8.97. The van der Waals surface area contributed by atoms with E-state index < -0.39 is 0 Å². The van der Waals surface area contributed by atoms with E-state index in [1.807, 2.05) is 0 Å². The van der Waals surface area contributed by atoms with Crippen LogP contribution < -0.4 is 0 Å². The molecule has 0 nitrogen and oxygen atoms in total. The molecule has 12 heavy (non-hydrogen) atoms. The van der Waals surface area contributed by atoms with Gasteiger partial charge in [-0.3, -0.25) is 0 Å². The Morgan fingerprint density at radius 2 is 1.83 bits per heavy atom. The van der Waals surface area contributed by atoms with E-state index in [1.165, 1.54) is 17.5 Å². The van der Waals surface area contributed by atoms with Crippen molar-refractivity contribution >= 4 is 0 Å². The van der Waals surface area contributed by atoms with Crippen LogP contribution in [0.1, 0.15) is 44.2 Å². The van der Waals surface area contributed by atoms with Gasteiger partial charge in [-0.2, -0.15) is 0 Å². The van der Waals surface area contributed by atoms with Gasteiger partial charge in [-0.05, 0) is 29.9 Å². The van der Waals surface area contributed by atoms with Crippen LogP contribution >= 0.6 is 0 Å².